The van der Waals surface area contributed by atoms with Crippen molar-refractivity contribution in [2.45, 2.75) is 13.0 Å². The first-order valence-corrected chi connectivity index (χ1v) is 10.4. The van der Waals surface area contributed by atoms with Crippen LogP contribution in [0.3, 0.4) is 0 Å². The second-order valence-electron chi connectivity index (χ2n) is 7.70. The first-order chi connectivity index (χ1) is 15.5. The molecule has 4 rings (SSSR count). The number of carbonyl (C=O) groups excluding carboxylic acids is 1. The summed E-state index contributed by atoms with van der Waals surface area (Å²) in [5.74, 6) is 0.678. The molecule has 166 valence electrons. The molecule has 1 saturated heterocycles. The molecule has 1 unspecified atom stereocenters. The molecule has 32 heavy (non-hydrogen) atoms. The number of fused-ring (bicyclic) bond motifs is 1. The summed E-state index contributed by atoms with van der Waals surface area (Å²) in [5.41, 5.74) is 1.73. The van der Waals surface area contributed by atoms with Crippen LogP contribution in [-0.4, -0.2) is 60.0 Å². The number of aromatic nitrogens is 1. The van der Waals surface area contributed by atoms with Crippen LogP contribution in [-0.2, 0) is 4.79 Å². The van der Waals surface area contributed by atoms with Crippen LogP contribution in [0, 0.1) is 10.1 Å². The van der Waals surface area contributed by atoms with E-state index in [9.17, 15) is 14.9 Å². The normalized spacial score (nSPS) is 15.4. The highest BCUT2D eigenvalue weighted by atomic mass is 16.6. The lowest BCUT2D eigenvalue weighted by molar-refractivity contribution is -0.383. The Balaban J connectivity index is 1.42. The van der Waals surface area contributed by atoms with Crippen molar-refractivity contribution in [3.05, 3.63) is 65.0 Å². The van der Waals surface area contributed by atoms with Crippen LogP contribution in [0.25, 0.3) is 10.8 Å². The minimum Gasteiger partial charge on any atom is -0.497 e. The van der Waals surface area contributed by atoms with E-state index in [2.05, 4.69) is 20.1 Å². The highest BCUT2D eigenvalue weighted by Crippen LogP contribution is 2.33. The van der Waals surface area contributed by atoms with Gasteiger partial charge in [-0.3, -0.25) is 24.8 Å². The van der Waals surface area contributed by atoms with Gasteiger partial charge in [0.25, 0.3) is 5.69 Å². The van der Waals surface area contributed by atoms with Gasteiger partial charge >= 0.3 is 0 Å². The third kappa shape index (κ3) is 4.33. The molecular formula is C23H25N5O4. The van der Waals surface area contributed by atoms with Crippen LogP contribution in [0.1, 0.15) is 6.92 Å². The number of nitro benzene ring substituents is 1. The van der Waals surface area contributed by atoms with Gasteiger partial charge in [0.1, 0.15) is 5.75 Å². The molecule has 0 aliphatic carbocycles. The van der Waals surface area contributed by atoms with E-state index in [-0.39, 0.29) is 22.6 Å². The Kier molecular flexibility index (Phi) is 6.18. The number of benzene rings is 2. The maximum absolute atomic E-state index is 12.7. The summed E-state index contributed by atoms with van der Waals surface area (Å²) < 4.78 is 5.15. The number of methoxy groups -OCH3 is 1. The maximum Gasteiger partial charge on any atom is 0.278 e. The number of nitrogens with zero attached hydrogens (tertiary/aromatic N) is 4. The van der Waals surface area contributed by atoms with Gasteiger partial charge < -0.3 is 15.0 Å². The molecule has 0 radical (unpaired) electrons. The zero-order valence-corrected chi connectivity index (χ0v) is 18.0. The fourth-order valence-corrected chi connectivity index (χ4v) is 4.03. The summed E-state index contributed by atoms with van der Waals surface area (Å²) in [6.07, 6.45) is 3.19. The zero-order valence-electron chi connectivity index (χ0n) is 18.0. The standard InChI is InChI=1S/C23H25N5O4/c1-16(23(29)25-17-3-5-18(32-2)6-4-17)26-11-13-27(14-12-26)21-7-8-22(28(30)31)20-15-24-10-9-19(20)21/h3-10,15-16H,11-14H2,1-2H3,(H,25,29). The van der Waals surface area contributed by atoms with Crippen molar-refractivity contribution in [2.75, 3.05) is 43.5 Å². The SMILES string of the molecule is COc1ccc(NC(=O)C(C)N2CCN(c3ccc([N+](=O)[O-])c4cnccc34)CC2)cc1. The molecule has 2 aromatic carbocycles. The number of hydrogen-bond donors (Lipinski definition) is 1. The van der Waals surface area contributed by atoms with E-state index in [1.807, 2.05) is 37.3 Å². The Labute approximate surface area is 185 Å². The zero-order chi connectivity index (χ0) is 22.7. The fraction of sp³-hybridized carbons (Fsp3) is 0.304. The molecule has 2 heterocycles. The average Bonchev–Trinajstić information content (AvgIpc) is 2.83. The van der Waals surface area contributed by atoms with Gasteiger partial charge in [0, 0.05) is 61.4 Å². The molecule has 9 nitrogen and oxygen atoms in total. The number of carbonyl (C=O) groups is 1. The molecule has 1 aromatic heterocycles. The van der Waals surface area contributed by atoms with Gasteiger partial charge in [-0.25, -0.2) is 0 Å². The summed E-state index contributed by atoms with van der Waals surface area (Å²) in [6.45, 7) is 4.76. The van der Waals surface area contributed by atoms with Crippen LogP contribution >= 0.6 is 0 Å². The number of rotatable bonds is 6. The van der Waals surface area contributed by atoms with Crippen molar-refractivity contribution in [3.63, 3.8) is 0 Å². The van der Waals surface area contributed by atoms with Gasteiger partial charge in [0.15, 0.2) is 0 Å². The molecule has 1 amide bonds. The Morgan fingerprint density at radius 1 is 1.09 bits per heavy atom. The molecule has 1 aliphatic heterocycles. The van der Waals surface area contributed by atoms with Crippen LogP contribution in [0.5, 0.6) is 5.75 Å². The van der Waals surface area contributed by atoms with E-state index in [4.69, 9.17) is 4.74 Å². The smallest absolute Gasteiger partial charge is 0.278 e. The van der Waals surface area contributed by atoms with Crippen molar-refractivity contribution in [3.8, 4) is 5.75 Å². The summed E-state index contributed by atoms with van der Waals surface area (Å²) in [5, 5.41) is 15.7. The minimum absolute atomic E-state index is 0.0549. The number of hydrogen-bond acceptors (Lipinski definition) is 7. The number of non-ortho nitro benzene ring substituents is 1. The summed E-state index contributed by atoms with van der Waals surface area (Å²) in [7, 11) is 1.60. The van der Waals surface area contributed by atoms with Gasteiger partial charge in [-0.05, 0) is 43.3 Å². The lowest BCUT2D eigenvalue weighted by Gasteiger charge is -2.38. The fourth-order valence-electron chi connectivity index (χ4n) is 4.03. The lowest BCUT2D eigenvalue weighted by Crippen LogP contribution is -2.52. The van der Waals surface area contributed by atoms with Gasteiger partial charge in [0.05, 0.1) is 23.5 Å². The molecule has 0 bridgehead atoms. The van der Waals surface area contributed by atoms with Gasteiger partial charge in [-0.1, -0.05) is 0 Å². The van der Waals surface area contributed by atoms with E-state index in [1.165, 1.54) is 6.07 Å². The predicted octanol–water partition coefficient (Wildman–Crippen LogP) is 3.30. The van der Waals surface area contributed by atoms with Crippen LogP contribution < -0.4 is 15.0 Å². The van der Waals surface area contributed by atoms with Gasteiger partial charge in [-0.15, -0.1) is 0 Å². The molecule has 0 saturated carbocycles. The van der Waals surface area contributed by atoms with E-state index in [0.717, 1.165) is 35.6 Å². The minimum atomic E-state index is -0.380. The Morgan fingerprint density at radius 2 is 1.81 bits per heavy atom. The molecule has 3 aromatic rings. The molecule has 9 heteroatoms. The predicted molar refractivity (Wildman–Crippen MR) is 123 cm³/mol. The number of piperazine rings is 1. The number of anilines is 2. The van der Waals surface area contributed by atoms with Crippen molar-refractivity contribution in [1.29, 1.82) is 0 Å². The molecule has 1 fully saturated rings. The van der Waals surface area contributed by atoms with E-state index >= 15 is 0 Å². The average molecular weight is 435 g/mol. The van der Waals surface area contributed by atoms with Crippen LogP contribution in [0.2, 0.25) is 0 Å². The molecule has 1 atom stereocenters. The molecular weight excluding hydrogens is 410 g/mol. The van der Waals surface area contributed by atoms with Crippen molar-refractivity contribution < 1.29 is 14.5 Å². The van der Waals surface area contributed by atoms with E-state index < -0.39 is 0 Å². The Bertz CT molecular complexity index is 1130. The summed E-state index contributed by atoms with van der Waals surface area (Å²) >= 11 is 0. The first kappa shape index (κ1) is 21.5. The number of amides is 1. The van der Waals surface area contributed by atoms with E-state index in [1.54, 1.807) is 25.6 Å². The number of pyridine rings is 1. The maximum atomic E-state index is 12.7. The largest absolute Gasteiger partial charge is 0.497 e. The van der Waals surface area contributed by atoms with Crippen LogP contribution in [0.4, 0.5) is 17.1 Å². The molecule has 1 aliphatic rings. The van der Waals surface area contributed by atoms with Crippen molar-refractivity contribution in [2.24, 2.45) is 0 Å². The first-order valence-electron chi connectivity index (χ1n) is 10.4. The summed E-state index contributed by atoms with van der Waals surface area (Å²) in [6, 6.07) is 12.1. The monoisotopic (exact) mass is 435 g/mol. The highest BCUT2D eigenvalue weighted by molar-refractivity contribution is 5.99. The van der Waals surface area contributed by atoms with Crippen molar-refractivity contribution >= 4 is 33.7 Å². The van der Waals surface area contributed by atoms with Gasteiger partial charge in [-0.2, -0.15) is 0 Å². The lowest BCUT2D eigenvalue weighted by atomic mass is 10.1. The summed E-state index contributed by atoms with van der Waals surface area (Å²) in [4.78, 5) is 32.1. The van der Waals surface area contributed by atoms with Crippen LogP contribution in [0.15, 0.2) is 54.9 Å². The number of nitro groups is 1. The second-order valence-corrected chi connectivity index (χ2v) is 7.70. The Hall–Kier alpha value is -3.72. The third-order valence-electron chi connectivity index (χ3n) is 5.91. The highest BCUT2D eigenvalue weighted by Gasteiger charge is 2.27. The topological polar surface area (TPSA) is 101 Å². The van der Waals surface area contributed by atoms with Gasteiger partial charge in [0.2, 0.25) is 5.91 Å². The Morgan fingerprint density at radius 3 is 2.47 bits per heavy atom. The number of nitrogens with one attached hydrogen (secondary N) is 1. The molecule has 1 N–H and O–H groups in total. The number of ether oxygens (including phenoxy) is 1. The quantitative estimate of drug-likeness (QED) is 0.468. The molecule has 0 spiro atoms. The third-order valence-corrected chi connectivity index (χ3v) is 5.91. The second kappa shape index (κ2) is 9.19. The van der Waals surface area contributed by atoms with Crippen molar-refractivity contribution in [1.82, 2.24) is 9.88 Å². The van der Waals surface area contributed by atoms with E-state index in [0.29, 0.717) is 18.5 Å².